The summed E-state index contributed by atoms with van der Waals surface area (Å²) in [6.45, 7) is 2.02. The molecular formula is C21H22FN5O2S. The fourth-order valence-corrected chi connectivity index (χ4v) is 3.50. The van der Waals surface area contributed by atoms with Gasteiger partial charge in [0.25, 0.3) is 5.91 Å². The van der Waals surface area contributed by atoms with Gasteiger partial charge >= 0.3 is 0 Å². The van der Waals surface area contributed by atoms with E-state index in [1.54, 1.807) is 17.7 Å². The van der Waals surface area contributed by atoms with Gasteiger partial charge in [-0.1, -0.05) is 54.2 Å². The fourth-order valence-electron chi connectivity index (χ4n) is 2.76. The van der Waals surface area contributed by atoms with Crippen molar-refractivity contribution in [3.8, 4) is 0 Å². The second kappa shape index (κ2) is 10.0. The molecule has 0 aliphatic carbocycles. The summed E-state index contributed by atoms with van der Waals surface area (Å²) in [4.78, 5) is 24.4. The molecule has 0 fully saturated rings. The van der Waals surface area contributed by atoms with Crippen LogP contribution in [0.2, 0.25) is 0 Å². The molecule has 0 aliphatic rings. The standard InChI is InChI=1S/C21H22FN5O2S/c1-14(15-8-4-3-5-9-15)24-19(28)13-30-21-26-25-18(27(21)2)12-23-20(29)16-10-6-7-11-17(16)22/h3-11,14H,12-13H2,1-2H3,(H,23,29)(H,24,28)/t14-/m0/s1. The summed E-state index contributed by atoms with van der Waals surface area (Å²) in [6.07, 6.45) is 0. The summed E-state index contributed by atoms with van der Waals surface area (Å²) < 4.78 is 15.4. The van der Waals surface area contributed by atoms with E-state index >= 15 is 0 Å². The van der Waals surface area contributed by atoms with Crippen molar-refractivity contribution < 1.29 is 14.0 Å². The zero-order valence-electron chi connectivity index (χ0n) is 16.6. The van der Waals surface area contributed by atoms with Gasteiger partial charge in [-0.2, -0.15) is 0 Å². The number of nitrogens with one attached hydrogen (secondary N) is 2. The minimum atomic E-state index is -0.583. The molecule has 0 spiro atoms. The van der Waals surface area contributed by atoms with Gasteiger partial charge in [0.05, 0.1) is 23.9 Å². The van der Waals surface area contributed by atoms with Gasteiger partial charge in [0.1, 0.15) is 5.82 Å². The molecule has 1 heterocycles. The van der Waals surface area contributed by atoms with E-state index in [0.29, 0.717) is 11.0 Å². The average Bonchev–Trinajstić information content (AvgIpc) is 3.11. The number of aromatic nitrogens is 3. The number of halogens is 1. The molecule has 0 unspecified atom stereocenters. The van der Waals surface area contributed by atoms with Gasteiger partial charge in [-0.3, -0.25) is 9.59 Å². The van der Waals surface area contributed by atoms with Crippen molar-refractivity contribution in [3.05, 3.63) is 77.4 Å². The summed E-state index contributed by atoms with van der Waals surface area (Å²) >= 11 is 1.25. The van der Waals surface area contributed by atoms with Gasteiger partial charge in [-0.25, -0.2) is 4.39 Å². The Hall–Kier alpha value is -3.20. The second-order valence-corrected chi connectivity index (χ2v) is 7.55. The van der Waals surface area contributed by atoms with Crippen molar-refractivity contribution in [1.29, 1.82) is 0 Å². The van der Waals surface area contributed by atoms with Crippen LogP contribution in [0.15, 0.2) is 59.8 Å². The summed E-state index contributed by atoms with van der Waals surface area (Å²) in [7, 11) is 1.75. The third kappa shape index (κ3) is 5.44. The first-order valence-electron chi connectivity index (χ1n) is 9.34. The first kappa shape index (κ1) is 21.5. The Morgan fingerprint density at radius 3 is 2.53 bits per heavy atom. The molecular weight excluding hydrogens is 405 g/mol. The van der Waals surface area contributed by atoms with Crippen LogP contribution in [0.3, 0.4) is 0 Å². The number of carbonyl (C=O) groups excluding carboxylic acids is 2. The lowest BCUT2D eigenvalue weighted by Gasteiger charge is -2.14. The quantitative estimate of drug-likeness (QED) is 0.540. The lowest BCUT2D eigenvalue weighted by molar-refractivity contribution is -0.119. The van der Waals surface area contributed by atoms with Crippen molar-refractivity contribution >= 4 is 23.6 Å². The number of hydrogen-bond acceptors (Lipinski definition) is 5. The Morgan fingerprint density at radius 2 is 1.80 bits per heavy atom. The SMILES string of the molecule is C[C@H](NC(=O)CSc1nnc(CNC(=O)c2ccccc2F)n1C)c1ccccc1. The average molecular weight is 428 g/mol. The van der Waals surface area contributed by atoms with Crippen LogP contribution in [0.1, 0.15) is 34.7 Å². The first-order valence-corrected chi connectivity index (χ1v) is 10.3. The van der Waals surface area contributed by atoms with E-state index in [2.05, 4.69) is 20.8 Å². The van der Waals surface area contributed by atoms with Crippen LogP contribution in [-0.4, -0.2) is 32.3 Å². The number of carbonyl (C=O) groups is 2. The van der Waals surface area contributed by atoms with Crippen molar-refractivity contribution in [2.24, 2.45) is 7.05 Å². The highest BCUT2D eigenvalue weighted by Crippen LogP contribution is 2.17. The third-order valence-corrected chi connectivity index (χ3v) is 5.48. The first-order chi connectivity index (χ1) is 14.5. The number of rotatable bonds is 8. The van der Waals surface area contributed by atoms with Gasteiger partial charge in [0.2, 0.25) is 5.91 Å². The van der Waals surface area contributed by atoms with E-state index in [1.165, 1.54) is 30.0 Å². The molecule has 1 aromatic heterocycles. The van der Waals surface area contributed by atoms with Crippen LogP contribution in [0.4, 0.5) is 4.39 Å². The lowest BCUT2D eigenvalue weighted by atomic mass is 10.1. The minimum absolute atomic E-state index is 0.0292. The minimum Gasteiger partial charge on any atom is -0.349 e. The van der Waals surface area contributed by atoms with E-state index < -0.39 is 11.7 Å². The molecule has 3 aromatic rings. The van der Waals surface area contributed by atoms with Crippen LogP contribution >= 0.6 is 11.8 Å². The highest BCUT2D eigenvalue weighted by atomic mass is 32.2. The van der Waals surface area contributed by atoms with Crippen LogP contribution in [0.5, 0.6) is 0 Å². The highest BCUT2D eigenvalue weighted by Gasteiger charge is 2.15. The van der Waals surface area contributed by atoms with Crippen LogP contribution in [-0.2, 0) is 18.4 Å². The normalized spacial score (nSPS) is 11.7. The molecule has 0 aliphatic heterocycles. The molecule has 0 bridgehead atoms. The Kier molecular flexibility index (Phi) is 7.18. The zero-order chi connectivity index (χ0) is 21.5. The molecule has 7 nitrogen and oxygen atoms in total. The highest BCUT2D eigenvalue weighted by molar-refractivity contribution is 7.99. The molecule has 9 heteroatoms. The maximum absolute atomic E-state index is 13.7. The Balaban J connectivity index is 1.51. The van der Waals surface area contributed by atoms with Crippen molar-refractivity contribution in [2.45, 2.75) is 24.7 Å². The van der Waals surface area contributed by atoms with Gasteiger partial charge in [-0.15, -0.1) is 10.2 Å². The van der Waals surface area contributed by atoms with E-state index in [9.17, 15) is 14.0 Å². The maximum atomic E-state index is 13.7. The Bertz CT molecular complexity index is 1030. The van der Waals surface area contributed by atoms with Gasteiger partial charge in [-0.05, 0) is 24.6 Å². The number of hydrogen-bond donors (Lipinski definition) is 2. The largest absolute Gasteiger partial charge is 0.349 e. The summed E-state index contributed by atoms with van der Waals surface area (Å²) in [5.74, 6) is -0.543. The topological polar surface area (TPSA) is 88.9 Å². The molecule has 2 amide bonds. The summed E-state index contributed by atoms with van der Waals surface area (Å²) in [5, 5.41) is 14.2. The van der Waals surface area contributed by atoms with Crippen LogP contribution in [0, 0.1) is 5.82 Å². The van der Waals surface area contributed by atoms with E-state index in [0.717, 1.165) is 5.56 Å². The second-order valence-electron chi connectivity index (χ2n) is 6.61. The third-order valence-electron chi connectivity index (χ3n) is 4.46. The van der Waals surface area contributed by atoms with E-state index in [-0.39, 0.29) is 29.8 Å². The molecule has 0 saturated heterocycles. The molecule has 0 saturated carbocycles. The number of nitrogens with zero attached hydrogens (tertiary/aromatic N) is 3. The summed E-state index contributed by atoms with van der Waals surface area (Å²) in [6, 6.07) is 15.4. The Morgan fingerprint density at radius 1 is 1.10 bits per heavy atom. The lowest BCUT2D eigenvalue weighted by Crippen LogP contribution is -2.28. The van der Waals surface area contributed by atoms with Gasteiger partial charge in [0.15, 0.2) is 11.0 Å². The maximum Gasteiger partial charge on any atom is 0.254 e. The monoisotopic (exact) mass is 427 g/mol. The molecule has 156 valence electrons. The van der Waals surface area contributed by atoms with E-state index in [1.807, 2.05) is 37.3 Å². The predicted molar refractivity (Wildman–Crippen MR) is 112 cm³/mol. The van der Waals surface area contributed by atoms with Crippen molar-refractivity contribution in [2.75, 3.05) is 5.75 Å². The van der Waals surface area contributed by atoms with Gasteiger partial charge < -0.3 is 15.2 Å². The zero-order valence-corrected chi connectivity index (χ0v) is 17.4. The smallest absolute Gasteiger partial charge is 0.254 e. The fraction of sp³-hybridized carbons (Fsp3) is 0.238. The number of thioether (sulfide) groups is 1. The molecule has 2 N–H and O–H groups in total. The molecule has 30 heavy (non-hydrogen) atoms. The molecule has 1 atom stereocenters. The Labute approximate surface area is 178 Å². The van der Waals surface area contributed by atoms with Crippen molar-refractivity contribution in [1.82, 2.24) is 25.4 Å². The van der Waals surface area contributed by atoms with E-state index in [4.69, 9.17) is 0 Å². The number of benzene rings is 2. The van der Waals surface area contributed by atoms with Gasteiger partial charge in [0, 0.05) is 7.05 Å². The predicted octanol–water partition coefficient (Wildman–Crippen LogP) is 2.85. The van der Waals surface area contributed by atoms with Crippen LogP contribution < -0.4 is 10.6 Å². The van der Waals surface area contributed by atoms with Crippen molar-refractivity contribution in [3.63, 3.8) is 0 Å². The van der Waals surface area contributed by atoms with Crippen LogP contribution in [0.25, 0.3) is 0 Å². The summed E-state index contributed by atoms with van der Waals surface area (Å²) in [5.41, 5.74) is 1.00. The molecule has 2 aromatic carbocycles. The number of amides is 2. The molecule has 0 radical (unpaired) electrons. The molecule has 3 rings (SSSR count).